The van der Waals surface area contributed by atoms with Crippen molar-refractivity contribution in [3.05, 3.63) is 0 Å². The topological polar surface area (TPSA) is 113 Å². The van der Waals surface area contributed by atoms with Gasteiger partial charge in [0.05, 0.1) is 7.11 Å². The molecule has 0 radical (unpaired) electrons. The molecule has 1 heterocycles. The first-order valence-electron chi connectivity index (χ1n) is 5.92. The fraction of sp³-hybridized carbons (Fsp3) is 0.800. The Labute approximate surface area is 111 Å². The van der Waals surface area contributed by atoms with Crippen LogP contribution in [0.4, 0.5) is 4.79 Å². The monoisotopic (exact) mass is 294 g/mol. The number of carbonyl (C=O) groups is 2. The second-order valence-electron chi connectivity index (χ2n) is 4.36. The number of nitrogens with zero attached hydrogens (tertiary/aromatic N) is 1. The summed E-state index contributed by atoms with van der Waals surface area (Å²) >= 11 is 0. The number of carbonyl (C=O) groups excluding carboxylic acids is 1. The lowest BCUT2D eigenvalue weighted by atomic mass is 9.90. The van der Waals surface area contributed by atoms with Gasteiger partial charge in [-0.05, 0) is 18.8 Å². The van der Waals surface area contributed by atoms with Crippen molar-refractivity contribution in [2.75, 3.05) is 13.7 Å². The molecule has 0 aromatic carbocycles. The second-order valence-corrected chi connectivity index (χ2v) is 5.99. The number of methoxy groups -OCH3 is 1. The fourth-order valence-corrected chi connectivity index (χ4v) is 3.37. The summed E-state index contributed by atoms with van der Waals surface area (Å²) in [5.74, 6) is -1.04. The van der Waals surface area contributed by atoms with Crippen molar-refractivity contribution in [2.24, 2.45) is 5.92 Å². The van der Waals surface area contributed by atoms with Gasteiger partial charge in [-0.1, -0.05) is 13.3 Å². The molecule has 1 aliphatic heterocycles. The Kier molecular flexibility index (Phi) is 5.12. The van der Waals surface area contributed by atoms with E-state index in [1.165, 1.54) is 0 Å². The molecule has 0 aromatic heterocycles. The molecule has 110 valence electrons. The van der Waals surface area contributed by atoms with Crippen molar-refractivity contribution in [1.82, 2.24) is 9.03 Å². The Hall–Kier alpha value is -1.35. The number of ether oxygens (including phenoxy) is 1. The normalized spacial score (nSPS) is 24.7. The van der Waals surface area contributed by atoms with Gasteiger partial charge in [0.2, 0.25) is 0 Å². The van der Waals surface area contributed by atoms with Gasteiger partial charge in [0.25, 0.3) is 0 Å². The van der Waals surface area contributed by atoms with Crippen LogP contribution in [0.3, 0.4) is 0 Å². The highest BCUT2D eigenvalue weighted by Gasteiger charge is 2.40. The van der Waals surface area contributed by atoms with E-state index in [0.717, 1.165) is 17.8 Å². The van der Waals surface area contributed by atoms with E-state index in [1.807, 2.05) is 6.92 Å². The highest BCUT2D eigenvalue weighted by Crippen LogP contribution is 2.27. The molecule has 1 rings (SSSR count). The molecule has 1 saturated heterocycles. The Bertz CT molecular complexity index is 449. The maximum absolute atomic E-state index is 11.9. The lowest BCUT2D eigenvalue weighted by Gasteiger charge is -2.35. The van der Waals surface area contributed by atoms with E-state index < -0.39 is 28.3 Å². The van der Waals surface area contributed by atoms with Gasteiger partial charge in [0.1, 0.15) is 6.04 Å². The molecule has 1 fully saturated rings. The first kappa shape index (κ1) is 15.7. The lowest BCUT2D eigenvalue weighted by Crippen LogP contribution is -2.54. The number of nitrogens with one attached hydrogen (secondary N) is 1. The summed E-state index contributed by atoms with van der Waals surface area (Å²) in [5, 5.41) is 9.13. The summed E-state index contributed by atoms with van der Waals surface area (Å²) in [4.78, 5) is 22.2. The summed E-state index contributed by atoms with van der Waals surface area (Å²) in [7, 11) is -3.16. The van der Waals surface area contributed by atoms with Crippen molar-refractivity contribution >= 4 is 22.3 Å². The molecule has 1 aliphatic rings. The third-order valence-corrected chi connectivity index (χ3v) is 4.71. The highest BCUT2D eigenvalue weighted by molar-refractivity contribution is 7.87. The number of aliphatic carboxylic acids is 1. The van der Waals surface area contributed by atoms with Crippen LogP contribution >= 0.6 is 0 Å². The minimum atomic E-state index is -4.19. The Morgan fingerprint density at radius 2 is 2.11 bits per heavy atom. The first-order valence-corrected chi connectivity index (χ1v) is 7.36. The Balaban J connectivity index is 2.91. The molecule has 0 saturated carbocycles. The number of rotatable bonds is 4. The number of hydrogen-bond donors (Lipinski definition) is 2. The van der Waals surface area contributed by atoms with Gasteiger partial charge in [-0.3, -0.25) is 4.79 Å². The number of hydrogen-bond acceptors (Lipinski definition) is 5. The van der Waals surface area contributed by atoms with Crippen LogP contribution in [0, 0.1) is 5.92 Å². The van der Waals surface area contributed by atoms with Gasteiger partial charge in [-0.25, -0.2) is 9.52 Å². The predicted octanol–water partition coefficient (Wildman–Crippen LogP) is 0.162. The standard InChI is InChI=1S/C10H18N2O6S/c1-3-7-4-5-12(8(6-7)9(13)14)19(16,17)11-10(15)18-2/h7-8H,3-6H2,1-2H3,(H,11,15)(H,13,14). The van der Waals surface area contributed by atoms with E-state index in [2.05, 4.69) is 4.74 Å². The zero-order chi connectivity index (χ0) is 14.6. The van der Waals surface area contributed by atoms with Gasteiger partial charge >= 0.3 is 22.3 Å². The number of piperidine rings is 1. The number of carboxylic acid groups (broad SMARTS) is 1. The molecule has 2 N–H and O–H groups in total. The molecule has 0 aromatic rings. The summed E-state index contributed by atoms with van der Waals surface area (Å²) in [6, 6.07) is -1.15. The molecule has 2 unspecified atom stereocenters. The van der Waals surface area contributed by atoms with Crippen molar-refractivity contribution in [3.8, 4) is 0 Å². The lowest BCUT2D eigenvalue weighted by molar-refractivity contribution is -0.143. The quantitative estimate of drug-likeness (QED) is 0.763. The van der Waals surface area contributed by atoms with Crippen molar-refractivity contribution in [2.45, 2.75) is 32.2 Å². The maximum atomic E-state index is 11.9. The van der Waals surface area contributed by atoms with E-state index in [0.29, 0.717) is 6.42 Å². The molecule has 0 aliphatic carbocycles. The van der Waals surface area contributed by atoms with E-state index in [4.69, 9.17) is 5.11 Å². The zero-order valence-corrected chi connectivity index (χ0v) is 11.6. The molecular formula is C10H18N2O6S. The average Bonchev–Trinajstić information content (AvgIpc) is 2.37. The fourth-order valence-electron chi connectivity index (χ4n) is 2.10. The summed E-state index contributed by atoms with van der Waals surface area (Å²) < 4.78 is 30.5. The van der Waals surface area contributed by atoms with Gasteiger partial charge < -0.3 is 9.84 Å². The number of carboxylic acids is 1. The van der Waals surface area contributed by atoms with Crippen LogP contribution in [-0.4, -0.2) is 49.6 Å². The smallest absolute Gasteiger partial charge is 0.421 e. The summed E-state index contributed by atoms with van der Waals surface area (Å²) in [6.45, 7) is 2.00. The van der Waals surface area contributed by atoms with Gasteiger partial charge in [-0.15, -0.1) is 0 Å². The molecule has 8 nitrogen and oxygen atoms in total. The molecule has 0 bridgehead atoms. The van der Waals surface area contributed by atoms with Crippen LogP contribution in [0.2, 0.25) is 0 Å². The van der Waals surface area contributed by atoms with Crippen LogP contribution in [0.25, 0.3) is 0 Å². The Morgan fingerprint density at radius 1 is 1.47 bits per heavy atom. The molecule has 0 spiro atoms. The van der Waals surface area contributed by atoms with E-state index >= 15 is 0 Å². The number of amides is 1. The molecular weight excluding hydrogens is 276 g/mol. The third-order valence-electron chi connectivity index (χ3n) is 3.23. The van der Waals surface area contributed by atoms with Crippen molar-refractivity contribution < 1.29 is 27.9 Å². The molecule has 1 amide bonds. The van der Waals surface area contributed by atoms with E-state index in [1.54, 1.807) is 4.72 Å². The van der Waals surface area contributed by atoms with Crippen LogP contribution in [0.15, 0.2) is 0 Å². The average molecular weight is 294 g/mol. The minimum absolute atomic E-state index is 0.0712. The molecule has 2 atom stereocenters. The Morgan fingerprint density at radius 3 is 2.58 bits per heavy atom. The maximum Gasteiger partial charge on any atom is 0.421 e. The van der Waals surface area contributed by atoms with Crippen LogP contribution < -0.4 is 4.72 Å². The largest absolute Gasteiger partial charge is 0.480 e. The second kappa shape index (κ2) is 6.20. The van der Waals surface area contributed by atoms with Crippen molar-refractivity contribution in [3.63, 3.8) is 0 Å². The van der Waals surface area contributed by atoms with Crippen LogP contribution in [0.5, 0.6) is 0 Å². The van der Waals surface area contributed by atoms with Crippen molar-refractivity contribution in [1.29, 1.82) is 0 Å². The third kappa shape index (κ3) is 3.80. The first-order chi connectivity index (χ1) is 8.81. The molecule has 9 heteroatoms. The van der Waals surface area contributed by atoms with Gasteiger partial charge in [-0.2, -0.15) is 12.7 Å². The van der Waals surface area contributed by atoms with E-state index in [-0.39, 0.29) is 18.9 Å². The SMILES string of the molecule is CCC1CCN(S(=O)(=O)NC(=O)OC)C(C(=O)O)C1. The molecule has 19 heavy (non-hydrogen) atoms. The van der Waals surface area contributed by atoms with Crippen LogP contribution in [-0.2, 0) is 19.7 Å². The van der Waals surface area contributed by atoms with Gasteiger partial charge in [0.15, 0.2) is 0 Å². The van der Waals surface area contributed by atoms with E-state index in [9.17, 15) is 18.0 Å². The zero-order valence-electron chi connectivity index (χ0n) is 10.8. The highest BCUT2D eigenvalue weighted by atomic mass is 32.2. The van der Waals surface area contributed by atoms with Crippen LogP contribution in [0.1, 0.15) is 26.2 Å². The summed E-state index contributed by atoms with van der Waals surface area (Å²) in [5.41, 5.74) is 0. The summed E-state index contributed by atoms with van der Waals surface area (Å²) in [6.07, 6.45) is 0.472. The van der Waals surface area contributed by atoms with Gasteiger partial charge in [0, 0.05) is 6.54 Å². The minimum Gasteiger partial charge on any atom is -0.480 e. The predicted molar refractivity (Wildman–Crippen MR) is 65.6 cm³/mol.